The SMILES string of the molecule is O=C(Nc1ccccc1)Nc1cccc(C2SCC(=O)N2c2ccc(F)cc2)c1. The zero-order valence-corrected chi connectivity index (χ0v) is 16.2. The Balaban J connectivity index is 1.52. The number of carbonyl (C=O) groups excluding carboxylic acids is 2. The van der Waals surface area contributed by atoms with Gasteiger partial charge in [0.2, 0.25) is 5.91 Å². The number of halogens is 1. The number of hydrogen-bond donors (Lipinski definition) is 2. The first-order valence-electron chi connectivity index (χ1n) is 9.02. The van der Waals surface area contributed by atoms with E-state index in [1.807, 2.05) is 36.4 Å². The van der Waals surface area contributed by atoms with Gasteiger partial charge in [-0.25, -0.2) is 9.18 Å². The van der Waals surface area contributed by atoms with E-state index in [1.54, 1.807) is 35.2 Å². The fourth-order valence-electron chi connectivity index (χ4n) is 3.14. The van der Waals surface area contributed by atoms with E-state index < -0.39 is 0 Å². The number of urea groups is 1. The van der Waals surface area contributed by atoms with Gasteiger partial charge in [-0.1, -0.05) is 30.3 Å². The molecule has 1 aliphatic rings. The molecule has 29 heavy (non-hydrogen) atoms. The number of thioether (sulfide) groups is 1. The third kappa shape index (κ3) is 4.41. The Bertz CT molecular complexity index is 1030. The largest absolute Gasteiger partial charge is 0.323 e. The van der Waals surface area contributed by atoms with Crippen molar-refractivity contribution in [3.8, 4) is 0 Å². The Kier molecular flexibility index (Phi) is 5.48. The summed E-state index contributed by atoms with van der Waals surface area (Å²) in [6.07, 6.45) is 0. The lowest BCUT2D eigenvalue weighted by atomic mass is 10.1. The van der Waals surface area contributed by atoms with Crippen molar-refractivity contribution >= 4 is 40.8 Å². The summed E-state index contributed by atoms with van der Waals surface area (Å²) in [4.78, 5) is 26.4. The molecule has 1 atom stereocenters. The molecule has 1 fully saturated rings. The Morgan fingerprint density at radius 2 is 1.62 bits per heavy atom. The molecule has 0 aromatic heterocycles. The highest BCUT2D eigenvalue weighted by Gasteiger charge is 2.34. The van der Waals surface area contributed by atoms with Gasteiger partial charge in [0.05, 0.1) is 5.75 Å². The van der Waals surface area contributed by atoms with Crippen LogP contribution in [-0.2, 0) is 4.79 Å². The van der Waals surface area contributed by atoms with Crippen molar-refractivity contribution in [3.63, 3.8) is 0 Å². The summed E-state index contributed by atoms with van der Waals surface area (Å²) in [5, 5.41) is 5.34. The van der Waals surface area contributed by atoms with Crippen molar-refractivity contribution in [2.45, 2.75) is 5.37 Å². The molecular weight excluding hydrogens is 389 g/mol. The van der Waals surface area contributed by atoms with Crippen LogP contribution in [0.25, 0.3) is 0 Å². The van der Waals surface area contributed by atoms with Crippen LogP contribution in [0.4, 0.5) is 26.2 Å². The third-order valence-corrected chi connectivity index (χ3v) is 5.65. The van der Waals surface area contributed by atoms with E-state index in [9.17, 15) is 14.0 Å². The number of benzene rings is 3. The van der Waals surface area contributed by atoms with Gasteiger partial charge in [-0.15, -0.1) is 11.8 Å². The number of rotatable bonds is 4. The van der Waals surface area contributed by atoms with Crippen molar-refractivity contribution in [1.82, 2.24) is 0 Å². The Morgan fingerprint density at radius 1 is 0.931 bits per heavy atom. The van der Waals surface area contributed by atoms with Crippen LogP contribution >= 0.6 is 11.8 Å². The maximum absolute atomic E-state index is 13.3. The van der Waals surface area contributed by atoms with Gasteiger partial charge in [0.15, 0.2) is 0 Å². The molecule has 1 aliphatic heterocycles. The van der Waals surface area contributed by atoms with Crippen molar-refractivity contribution in [3.05, 3.63) is 90.2 Å². The molecule has 5 nitrogen and oxygen atoms in total. The number of nitrogens with zero attached hydrogens (tertiary/aromatic N) is 1. The molecule has 3 aromatic carbocycles. The summed E-state index contributed by atoms with van der Waals surface area (Å²) in [6, 6.07) is 22.1. The third-order valence-electron chi connectivity index (χ3n) is 4.43. The molecule has 1 saturated heterocycles. The van der Waals surface area contributed by atoms with E-state index in [0.29, 0.717) is 22.8 Å². The number of anilines is 3. The van der Waals surface area contributed by atoms with Crippen LogP contribution in [0.5, 0.6) is 0 Å². The molecule has 7 heteroatoms. The minimum atomic E-state index is -0.348. The minimum absolute atomic E-state index is 0.0354. The molecule has 0 spiro atoms. The summed E-state index contributed by atoms with van der Waals surface area (Å²) in [7, 11) is 0. The minimum Gasteiger partial charge on any atom is -0.308 e. The average Bonchev–Trinajstić information content (AvgIpc) is 3.11. The molecule has 2 N–H and O–H groups in total. The predicted octanol–water partition coefficient (Wildman–Crippen LogP) is 5.25. The summed E-state index contributed by atoms with van der Waals surface area (Å²) in [5.74, 6) is -0.0409. The summed E-state index contributed by atoms with van der Waals surface area (Å²) in [6.45, 7) is 0. The smallest absolute Gasteiger partial charge is 0.308 e. The van der Waals surface area contributed by atoms with Crippen molar-refractivity contribution in [2.24, 2.45) is 0 Å². The van der Waals surface area contributed by atoms with Crippen LogP contribution < -0.4 is 15.5 Å². The molecule has 1 unspecified atom stereocenters. The standard InChI is InChI=1S/C22H18FN3O2S/c23-16-9-11-19(12-10-16)26-20(27)14-29-21(26)15-5-4-8-18(13-15)25-22(28)24-17-6-2-1-3-7-17/h1-13,21H,14H2,(H2,24,25,28). The van der Waals surface area contributed by atoms with Gasteiger partial charge in [0.1, 0.15) is 11.2 Å². The molecule has 0 bridgehead atoms. The average molecular weight is 407 g/mol. The number of carbonyl (C=O) groups is 2. The number of nitrogens with one attached hydrogen (secondary N) is 2. The van der Waals surface area contributed by atoms with Crippen LogP contribution in [0.2, 0.25) is 0 Å². The monoisotopic (exact) mass is 407 g/mol. The molecule has 4 rings (SSSR count). The van der Waals surface area contributed by atoms with Crippen LogP contribution in [0.1, 0.15) is 10.9 Å². The van der Waals surface area contributed by atoms with Crippen molar-refractivity contribution in [2.75, 3.05) is 21.3 Å². The lowest BCUT2D eigenvalue weighted by molar-refractivity contribution is -0.115. The fourth-order valence-corrected chi connectivity index (χ4v) is 4.30. The van der Waals surface area contributed by atoms with Crippen LogP contribution in [0.3, 0.4) is 0 Å². The highest BCUT2D eigenvalue weighted by Crippen LogP contribution is 2.42. The Morgan fingerprint density at radius 3 is 2.38 bits per heavy atom. The van der Waals surface area contributed by atoms with Gasteiger partial charge in [0.25, 0.3) is 0 Å². The molecule has 0 radical (unpaired) electrons. The van der Waals surface area contributed by atoms with Gasteiger partial charge in [-0.2, -0.15) is 0 Å². The highest BCUT2D eigenvalue weighted by molar-refractivity contribution is 8.00. The molecule has 0 aliphatic carbocycles. The van der Waals surface area contributed by atoms with E-state index in [1.165, 1.54) is 23.9 Å². The molecule has 1 heterocycles. The van der Waals surface area contributed by atoms with Crippen LogP contribution in [0, 0.1) is 5.82 Å². The van der Waals surface area contributed by atoms with Gasteiger partial charge in [-0.3, -0.25) is 9.69 Å². The second-order valence-electron chi connectivity index (χ2n) is 6.47. The van der Waals surface area contributed by atoms with E-state index in [4.69, 9.17) is 0 Å². The van der Waals surface area contributed by atoms with E-state index in [0.717, 1.165) is 5.56 Å². The molecule has 146 valence electrons. The Hall–Kier alpha value is -3.32. The van der Waals surface area contributed by atoms with Crippen LogP contribution in [-0.4, -0.2) is 17.7 Å². The zero-order valence-electron chi connectivity index (χ0n) is 15.3. The Labute approximate surface area is 171 Å². The second-order valence-corrected chi connectivity index (χ2v) is 7.54. The first-order valence-corrected chi connectivity index (χ1v) is 10.1. The molecular formula is C22H18FN3O2S. The normalized spacial score (nSPS) is 16.0. The van der Waals surface area contributed by atoms with Gasteiger partial charge < -0.3 is 10.6 Å². The van der Waals surface area contributed by atoms with E-state index in [2.05, 4.69) is 10.6 Å². The topological polar surface area (TPSA) is 61.4 Å². The lowest BCUT2D eigenvalue weighted by Crippen LogP contribution is -2.27. The van der Waals surface area contributed by atoms with Crippen LogP contribution in [0.15, 0.2) is 78.9 Å². The first-order chi connectivity index (χ1) is 14.1. The predicted molar refractivity (Wildman–Crippen MR) is 115 cm³/mol. The second kappa shape index (κ2) is 8.36. The molecule has 3 aromatic rings. The first kappa shape index (κ1) is 19.0. The lowest BCUT2D eigenvalue weighted by Gasteiger charge is -2.24. The summed E-state index contributed by atoms with van der Waals surface area (Å²) >= 11 is 1.50. The number of amides is 3. The quantitative estimate of drug-likeness (QED) is 0.621. The van der Waals surface area contributed by atoms with Crippen molar-refractivity contribution in [1.29, 1.82) is 0 Å². The molecule has 3 amide bonds. The zero-order chi connectivity index (χ0) is 20.2. The van der Waals surface area contributed by atoms with E-state index >= 15 is 0 Å². The van der Waals surface area contributed by atoms with Gasteiger partial charge in [-0.05, 0) is 54.1 Å². The fraction of sp³-hybridized carbons (Fsp3) is 0.0909. The number of para-hydroxylation sites is 1. The summed E-state index contributed by atoms with van der Waals surface area (Å²) in [5.41, 5.74) is 2.84. The van der Waals surface area contributed by atoms with Gasteiger partial charge >= 0.3 is 6.03 Å². The maximum atomic E-state index is 13.3. The van der Waals surface area contributed by atoms with Crippen molar-refractivity contribution < 1.29 is 14.0 Å². The van der Waals surface area contributed by atoms with E-state index in [-0.39, 0.29) is 23.1 Å². The number of hydrogen-bond acceptors (Lipinski definition) is 3. The van der Waals surface area contributed by atoms with Gasteiger partial charge in [0, 0.05) is 17.1 Å². The maximum Gasteiger partial charge on any atom is 0.323 e. The highest BCUT2D eigenvalue weighted by atomic mass is 32.2. The summed E-state index contributed by atoms with van der Waals surface area (Å²) < 4.78 is 13.3. The molecule has 0 saturated carbocycles.